The molecule has 0 N–H and O–H groups in total. The van der Waals surface area contributed by atoms with Gasteiger partial charge in [-0.25, -0.2) is 4.39 Å². The zero-order valence-corrected chi connectivity index (χ0v) is 12.0. The minimum atomic E-state index is -0.171. The Labute approximate surface area is 112 Å². The van der Waals surface area contributed by atoms with Crippen LogP contribution in [0, 0.1) is 12.7 Å². The van der Waals surface area contributed by atoms with E-state index in [9.17, 15) is 4.39 Å². The first-order valence-electron chi connectivity index (χ1n) is 6.29. The molecule has 0 saturated carbocycles. The van der Waals surface area contributed by atoms with Gasteiger partial charge in [-0.3, -0.25) is 0 Å². The third kappa shape index (κ3) is 12.4. The highest BCUT2D eigenvalue weighted by molar-refractivity contribution is 5.17. The van der Waals surface area contributed by atoms with Crippen LogP contribution in [0.5, 0.6) is 0 Å². The molecule has 0 aromatic heterocycles. The van der Waals surface area contributed by atoms with Crippen molar-refractivity contribution >= 4 is 0 Å². The highest BCUT2D eigenvalue weighted by atomic mass is 19.1. The number of halogens is 1. The Balaban J connectivity index is 0. The minimum absolute atomic E-state index is 0.171. The van der Waals surface area contributed by atoms with Gasteiger partial charge in [-0.05, 0) is 25.5 Å². The summed E-state index contributed by atoms with van der Waals surface area (Å²) < 4.78 is 12.1. The van der Waals surface area contributed by atoms with Crippen molar-refractivity contribution in [2.24, 2.45) is 0 Å². The van der Waals surface area contributed by atoms with Crippen molar-refractivity contribution < 1.29 is 4.39 Å². The Morgan fingerprint density at radius 1 is 1.22 bits per heavy atom. The molecule has 0 radical (unpaired) electrons. The average Bonchev–Trinajstić information content (AvgIpc) is 2.42. The fourth-order valence-corrected chi connectivity index (χ4v) is 0.855. The van der Waals surface area contributed by atoms with Crippen LogP contribution in [0.2, 0.25) is 0 Å². The van der Waals surface area contributed by atoms with Gasteiger partial charge in [-0.1, -0.05) is 75.4 Å². The smallest absolute Gasteiger partial charge is 0.123 e. The molecule has 0 aliphatic heterocycles. The molecule has 1 aromatic carbocycles. The van der Waals surface area contributed by atoms with Gasteiger partial charge in [0.1, 0.15) is 5.82 Å². The van der Waals surface area contributed by atoms with Crippen molar-refractivity contribution in [3.8, 4) is 0 Å². The summed E-state index contributed by atoms with van der Waals surface area (Å²) in [5.74, 6) is -0.171. The number of hydrogen-bond donors (Lipinski definition) is 0. The molecular weight excluding hydrogens is 223 g/mol. The maximum atomic E-state index is 12.1. The highest BCUT2D eigenvalue weighted by Crippen LogP contribution is 1.99. The maximum Gasteiger partial charge on any atom is 0.123 e. The second kappa shape index (κ2) is 13.4. The van der Waals surface area contributed by atoms with Gasteiger partial charge >= 0.3 is 0 Å². The molecule has 100 valence electrons. The molecule has 0 amide bonds. The van der Waals surface area contributed by atoms with Crippen LogP contribution in [0.15, 0.2) is 61.2 Å². The number of aryl methyl sites for hydroxylation is 1. The summed E-state index contributed by atoms with van der Waals surface area (Å²) >= 11 is 0. The van der Waals surface area contributed by atoms with Crippen molar-refractivity contribution in [1.29, 1.82) is 0 Å². The van der Waals surface area contributed by atoms with E-state index in [2.05, 4.69) is 20.1 Å². The first kappa shape index (κ1) is 18.7. The minimum Gasteiger partial charge on any atom is -0.207 e. The van der Waals surface area contributed by atoms with E-state index in [1.807, 2.05) is 32.9 Å². The van der Waals surface area contributed by atoms with Crippen molar-refractivity contribution in [3.63, 3.8) is 0 Å². The summed E-state index contributed by atoms with van der Waals surface area (Å²) in [6.07, 6.45) is 6.63. The zero-order chi connectivity index (χ0) is 14.4. The van der Waals surface area contributed by atoms with Crippen LogP contribution in [-0.4, -0.2) is 0 Å². The van der Waals surface area contributed by atoms with Crippen LogP contribution in [0.3, 0.4) is 0 Å². The standard InChI is InChI=1S/C8H12.C7H7F.C2H6/c1-4-6-7-8(3)5-2;1-6-2-4-7(8)5-3-6;1-2/h4,6-7H,1,3,5H2,2H3;2-5H,1H3;1-2H3/b7-6-;;. The van der Waals surface area contributed by atoms with Crippen LogP contribution < -0.4 is 0 Å². The fraction of sp³-hybridized carbons (Fsp3) is 0.294. The fourth-order valence-electron chi connectivity index (χ4n) is 0.855. The summed E-state index contributed by atoms with van der Waals surface area (Å²) in [5.41, 5.74) is 2.23. The molecule has 0 spiro atoms. The first-order chi connectivity index (χ1) is 8.60. The summed E-state index contributed by atoms with van der Waals surface area (Å²) in [7, 11) is 0. The number of allylic oxidation sites excluding steroid dienone is 4. The van der Waals surface area contributed by atoms with E-state index in [1.165, 1.54) is 12.1 Å². The largest absolute Gasteiger partial charge is 0.207 e. The Bertz CT molecular complexity index is 323. The second-order valence-corrected chi connectivity index (χ2v) is 3.40. The third-order valence-corrected chi connectivity index (χ3v) is 1.93. The van der Waals surface area contributed by atoms with Crippen LogP contribution >= 0.6 is 0 Å². The molecule has 1 aromatic rings. The molecule has 0 aliphatic rings. The second-order valence-electron chi connectivity index (χ2n) is 3.40. The SMILES string of the molecule is C=C/C=C\C(=C)CC.CC.Cc1ccc(F)cc1. The van der Waals surface area contributed by atoms with Gasteiger partial charge in [0, 0.05) is 0 Å². The Hall–Kier alpha value is -1.63. The first-order valence-corrected chi connectivity index (χ1v) is 6.29. The molecule has 1 rings (SSSR count). The molecule has 0 atom stereocenters. The molecule has 0 nitrogen and oxygen atoms in total. The molecule has 1 heteroatoms. The lowest BCUT2D eigenvalue weighted by atomic mass is 10.2. The summed E-state index contributed by atoms with van der Waals surface area (Å²) in [4.78, 5) is 0. The molecule has 0 saturated heterocycles. The van der Waals surface area contributed by atoms with E-state index in [0.29, 0.717) is 0 Å². The monoisotopic (exact) mass is 248 g/mol. The van der Waals surface area contributed by atoms with Crippen LogP contribution in [0.4, 0.5) is 4.39 Å². The predicted molar refractivity (Wildman–Crippen MR) is 81.3 cm³/mol. The van der Waals surface area contributed by atoms with Crippen molar-refractivity contribution in [3.05, 3.63) is 72.6 Å². The summed E-state index contributed by atoms with van der Waals surface area (Å²) in [6.45, 7) is 15.3. The molecule has 0 heterocycles. The molecule has 0 fully saturated rings. The van der Waals surface area contributed by atoms with Crippen molar-refractivity contribution in [2.75, 3.05) is 0 Å². The maximum absolute atomic E-state index is 12.1. The van der Waals surface area contributed by atoms with Crippen molar-refractivity contribution in [2.45, 2.75) is 34.1 Å². The number of rotatable bonds is 3. The number of hydrogen-bond acceptors (Lipinski definition) is 0. The van der Waals surface area contributed by atoms with E-state index >= 15 is 0 Å². The predicted octanol–water partition coefficient (Wildman–Crippen LogP) is 5.86. The Morgan fingerprint density at radius 2 is 1.72 bits per heavy atom. The van der Waals surface area contributed by atoms with Crippen LogP contribution in [0.25, 0.3) is 0 Å². The molecular formula is C17H25F. The lowest BCUT2D eigenvalue weighted by Gasteiger charge is -1.87. The van der Waals surface area contributed by atoms with Gasteiger partial charge in [-0.2, -0.15) is 0 Å². The van der Waals surface area contributed by atoms with E-state index < -0.39 is 0 Å². The number of benzene rings is 1. The lowest BCUT2D eigenvalue weighted by molar-refractivity contribution is 0.627. The summed E-state index contributed by atoms with van der Waals surface area (Å²) in [5, 5.41) is 0. The van der Waals surface area contributed by atoms with E-state index in [4.69, 9.17) is 0 Å². The zero-order valence-electron chi connectivity index (χ0n) is 12.0. The van der Waals surface area contributed by atoms with Gasteiger partial charge in [-0.15, -0.1) is 0 Å². The Morgan fingerprint density at radius 3 is 2.06 bits per heavy atom. The van der Waals surface area contributed by atoms with Gasteiger partial charge in [0.2, 0.25) is 0 Å². The highest BCUT2D eigenvalue weighted by Gasteiger charge is 1.83. The topological polar surface area (TPSA) is 0 Å². The van der Waals surface area contributed by atoms with Crippen LogP contribution in [-0.2, 0) is 0 Å². The lowest BCUT2D eigenvalue weighted by Crippen LogP contribution is -1.71. The van der Waals surface area contributed by atoms with E-state index in [-0.39, 0.29) is 5.82 Å². The van der Waals surface area contributed by atoms with Gasteiger partial charge in [0.25, 0.3) is 0 Å². The van der Waals surface area contributed by atoms with E-state index in [0.717, 1.165) is 17.6 Å². The third-order valence-electron chi connectivity index (χ3n) is 1.93. The normalized spacial score (nSPS) is 8.72. The van der Waals surface area contributed by atoms with Gasteiger partial charge in [0.05, 0.1) is 0 Å². The Kier molecular flexibility index (Phi) is 14.0. The summed E-state index contributed by atoms with van der Waals surface area (Å²) in [6, 6.07) is 6.40. The average molecular weight is 248 g/mol. The van der Waals surface area contributed by atoms with Crippen molar-refractivity contribution in [1.82, 2.24) is 0 Å². The van der Waals surface area contributed by atoms with Gasteiger partial charge < -0.3 is 0 Å². The van der Waals surface area contributed by atoms with Crippen LogP contribution in [0.1, 0.15) is 32.8 Å². The van der Waals surface area contributed by atoms with E-state index in [1.54, 1.807) is 18.2 Å². The molecule has 0 unspecified atom stereocenters. The molecule has 18 heavy (non-hydrogen) atoms. The van der Waals surface area contributed by atoms with Gasteiger partial charge in [0.15, 0.2) is 0 Å². The molecule has 0 bridgehead atoms. The quantitative estimate of drug-likeness (QED) is 0.588. The molecule has 0 aliphatic carbocycles.